The summed E-state index contributed by atoms with van der Waals surface area (Å²) in [6.07, 6.45) is 4.48. The van der Waals surface area contributed by atoms with Crippen LogP contribution in [0.3, 0.4) is 0 Å². The standard InChI is InChI=1S/C13H20N2O2S/c16-18-5-3-15(4-6-18)9-13-7-11(10-17-13)8-14-12-1-2-12/h7,10,12,14H,1-6,8-9H2. The Balaban J connectivity index is 1.48. The molecule has 2 fully saturated rings. The van der Waals surface area contributed by atoms with Gasteiger partial charge in [-0.05, 0) is 18.9 Å². The molecule has 1 aromatic rings. The highest BCUT2D eigenvalue weighted by molar-refractivity contribution is 7.85. The van der Waals surface area contributed by atoms with Crippen LogP contribution in [0.2, 0.25) is 0 Å². The number of hydrogen-bond acceptors (Lipinski definition) is 4. The van der Waals surface area contributed by atoms with E-state index in [0.717, 1.165) is 49.5 Å². The van der Waals surface area contributed by atoms with Crippen molar-refractivity contribution in [3.63, 3.8) is 0 Å². The molecule has 0 radical (unpaired) electrons. The maximum absolute atomic E-state index is 11.3. The van der Waals surface area contributed by atoms with Gasteiger partial charge in [-0.3, -0.25) is 9.11 Å². The molecule has 1 aliphatic heterocycles. The van der Waals surface area contributed by atoms with Gasteiger partial charge in [0.25, 0.3) is 0 Å². The van der Waals surface area contributed by atoms with E-state index in [2.05, 4.69) is 16.3 Å². The van der Waals surface area contributed by atoms with Crippen LogP contribution in [-0.2, 0) is 23.9 Å². The van der Waals surface area contributed by atoms with Gasteiger partial charge in [0.2, 0.25) is 0 Å². The van der Waals surface area contributed by atoms with E-state index in [9.17, 15) is 4.21 Å². The molecule has 0 unspecified atom stereocenters. The first-order chi connectivity index (χ1) is 8.79. The molecule has 2 aliphatic rings. The summed E-state index contributed by atoms with van der Waals surface area (Å²) >= 11 is 0. The highest BCUT2D eigenvalue weighted by Crippen LogP contribution is 2.20. The Hall–Kier alpha value is -0.650. The van der Waals surface area contributed by atoms with Gasteiger partial charge < -0.3 is 9.73 Å². The van der Waals surface area contributed by atoms with E-state index in [1.807, 2.05) is 6.26 Å². The minimum absolute atomic E-state index is 0.597. The molecule has 0 bridgehead atoms. The van der Waals surface area contributed by atoms with Crippen LogP contribution in [0.1, 0.15) is 24.2 Å². The van der Waals surface area contributed by atoms with Crippen LogP contribution in [0.5, 0.6) is 0 Å². The van der Waals surface area contributed by atoms with Crippen molar-refractivity contribution >= 4 is 10.8 Å². The maximum Gasteiger partial charge on any atom is 0.118 e. The lowest BCUT2D eigenvalue weighted by Crippen LogP contribution is -2.37. The molecule has 1 N–H and O–H groups in total. The van der Waals surface area contributed by atoms with Crippen LogP contribution >= 0.6 is 0 Å². The average molecular weight is 268 g/mol. The van der Waals surface area contributed by atoms with Crippen LogP contribution in [-0.4, -0.2) is 39.7 Å². The summed E-state index contributed by atoms with van der Waals surface area (Å²) in [6, 6.07) is 2.88. The Morgan fingerprint density at radius 2 is 2.17 bits per heavy atom. The van der Waals surface area contributed by atoms with Crippen molar-refractivity contribution in [1.29, 1.82) is 0 Å². The van der Waals surface area contributed by atoms with Crippen molar-refractivity contribution in [2.24, 2.45) is 0 Å². The lowest BCUT2D eigenvalue weighted by Gasteiger charge is -2.24. The van der Waals surface area contributed by atoms with Crippen LogP contribution in [0, 0.1) is 0 Å². The lowest BCUT2D eigenvalue weighted by molar-refractivity contribution is 0.265. The molecule has 1 saturated heterocycles. The van der Waals surface area contributed by atoms with E-state index in [4.69, 9.17) is 4.42 Å². The predicted molar refractivity (Wildman–Crippen MR) is 71.7 cm³/mol. The van der Waals surface area contributed by atoms with E-state index < -0.39 is 10.8 Å². The number of furan rings is 1. The molecule has 4 nitrogen and oxygen atoms in total. The molecule has 1 aromatic heterocycles. The lowest BCUT2D eigenvalue weighted by atomic mass is 10.3. The summed E-state index contributed by atoms with van der Waals surface area (Å²) in [5.41, 5.74) is 1.23. The van der Waals surface area contributed by atoms with E-state index in [1.165, 1.54) is 18.4 Å². The Bertz CT molecular complexity index is 418. The van der Waals surface area contributed by atoms with Crippen LogP contribution in [0.15, 0.2) is 16.7 Å². The molecule has 5 heteroatoms. The first-order valence-electron chi connectivity index (χ1n) is 6.66. The number of nitrogens with one attached hydrogen (secondary N) is 1. The third kappa shape index (κ3) is 3.43. The van der Waals surface area contributed by atoms with Crippen molar-refractivity contribution in [2.75, 3.05) is 24.6 Å². The maximum atomic E-state index is 11.3. The van der Waals surface area contributed by atoms with Gasteiger partial charge >= 0.3 is 0 Å². The normalized spacial score (nSPS) is 22.4. The minimum atomic E-state index is -0.597. The summed E-state index contributed by atoms with van der Waals surface area (Å²) < 4.78 is 16.9. The topological polar surface area (TPSA) is 45.5 Å². The Labute approximate surface area is 110 Å². The highest BCUT2D eigenvalue weighted by atomic mass is 32.2. The second-order valence-electron chi connectivity index (χ2n) is 5.20. The second kappa shape index (κ2) is 5.55. The third-order valence-electron chi connectivity index (χ3n) is 3.53. The van der Waals surface area contributed by atoms with Crippen molar-refractivity contribution < 1.29 is 8.63 Å². The highest BCUT2D eigenvalue weighted by Gasteiger charge is 2.20. The van der Waals surface area contributed by atoms with E-state index in [0.29, 0.717) is 0 Å². The van der Waals surface area contributed by atoms with Gasteiger partial charge in [0.1, 0.15) is 5.76 Å². The van der Waals surface area contributed by atoms with Crippen molar-refractivity contribution in [3.8, 4) is 0 Å². The largest absolute Gasteiger partial charge is 0.468 e. The molecule has 2 heterocycles. The summed E-state index contributed by atoms with van der Waals surface area (Å²) in [4.78, 5) is 2.32. The molecule has 0 aromatic carbocycles. The van der Waals surface area contributed by atoms with Gasteiger partial charge in [-0.2, -0.15) is 0 Å². The summed E-state index contributed by atoms with van der Waals surface area (Å²) in [6.45, 7) is 3.60. The monoisotopic (exact) mass is 268 g/mol. The summed E-state index contributed by atoms with van der Waals surface area (Å²) in [5.74, 6) is 2.63. The van der Waals surface area contributed by atoms with E-state index >= 15 is 0 Å². The van der Waals surface area contributed by atoms with E-state index in [1.54, 1.807) is 0 Å². The number of rotatable bonds is 5. The zero-order valence-electron chi connectivity index (χ0n) is 10.6. The molecule has 0 spiro atoms. The molecule has 1 aliphatic carbocycles. The smallest absolute Gasteiger partial charge is 0.118 e. The molecule has 3 rings (SSSR count). The molecular formula is C13H20N2O2S. The predicted octanol–water partition coefficient (Wildman–Crippen LogP) is 1.10. The minimum Gasteiger partial charge on any atom is -0.468 e. The summed E-state index contributed by atoms with van der Waals surface area (Å²) in [5, 5.41) is 3.48. The Morgan fingerprint density at radius 3 is 2.89 bits per heavy atom. The Morgan fingerprint density at radius 1 is 1.39 bits per heavy atom. The molecule has 100 valence electrons. The molecule has 18 heavy (non-hydrogen) atoms. The third-order valence-corrected chi connectivity index (χ3v) is 4.81. The average Bonchev–Trinajstić information content (AvgIpc) is 3.10. The van der Waals surface area contributed by atoms with E-state index in [-0.39, 0.29) is 0 Å². The van der Waals surface area contributed by atoms with Gasteiger partial charge in [-0.25, -0.2) is 0 Å². The van der Waals surface area contributed by atoms with Crippen molar-refractivity contribution in [2.45, 2.75) is 32.0 Å². The zero-order chi connectivity index (χ0) is 12.4. The molecular weight excluding hydrogens is 248 g/mol. The van der Waals surface area contributed by atoms with Crippen molar-refractivity contribution in [3.05, 3.63) is 23.7 Å². The molecule has 0 atom stereocenters. The first kappa shape index (κ1) is 12.4. The second-order valence-corrected chi connectivity index (χ2v) is 6.90. The van der Waals surface area contributed by atoms with Crippen LogP contribution < -0.4 is 5.32 Å². The van der Waals surface area contributed by atoms with Crippen molar-refractivity contribution in [1.82, 2.24) is 10.2 Å². The fourth-order valence-corrected chi connectivity index (χ4v) is 3.33. The van der Waals surface area contributed by atoms with Crippen LogP contribution in [0.4, 0.5) is 0 Å². The molecule has 1 saturated carbocycles. The molecule has 0 amide bonds. The van der Waals surface area contributed by atoms with Gasteiger partial charge in [0.15, 0.2) is 0 Å². The zero-order valence-corrected chi connectivity index (χ0v) is 11.4. The first-order valence-corrected chi connectivity index (χ1v) is 8.15. The quantitative estimate of drug-likeness (QED) is 0.868. The van der Waals surface area contributed by atoms with Gasteiger partial charge in [0.05, 0.1) is 12.8 Å². The number of hydrogen-bond donors (Lipinski definition) is 1. The Kier molecular flexibility index (Phi) is 3.82. The van der Waals surface area contributed by atoms with Crippen LogP contribution in [0.25, 0.3) is 0 Å². The SMILES string of the molecule is O=S1CCN(Cc2cc(CNC3CC3)co2)CC1. The fourth-order valence-electron chi connectivity index (χ4n) is 2.21. The van der Waals surface area contributed by atoms with Gasteiger partial charge in [0, 0.05) is 53.5 Å². The fraction of sp³-hybridized carbons (Fsp3) is 0.692. The van der Waals surface area contributed by atoms with Gasteiger partial charge in [-0.1, -0.05) is 0 Å². The van der Waals surface area contributed by atoms with Gasteiger partial charge in [-0.15, -0.1) is 0 Å². The number of nitrogens with zero attached hydrogens (tertiary/aromatic N) is 1. The summed E-state index contributed by atoms with van der Waals surface area (Å²) in [7, 11) is -0.597.